The molecule has 3 aromatic rings. The lowest BCUT2D eigenvalue weighted by Gasteiger charge is -2.06. The van der Waals surface area contributed by atoms with Gasteiger partial charge in [0.05, 0.1) is 6.42 Å². The fraction of sp³-hybridized carbons (Fsp3) is 0.143. The minimum absolute atomic E-state index is 0.0399. The Hall–Kier alpha value is -2.94. The van der Waals surface area contributed by atoms with Crippen LogP contribution in [-0.2, 0) is 16.6 Å². The second-order valence-electron chi connectivity index (χ2n) is 6.31. The Morgan fingerprint density at radius 3 is 2.46 bits per heavy atom. The Morgan fingerprint density at radius 2 is 1.67 bits per heavy atom. The lowest BCUT2D eigenvalue weighted by Crippen LogP contribution is -1.97. The number of carbonyl (C=O) groups is 2. The van der Waals surface area contributed by atoms with Gasteiger partial charge in [0, 0.05) is 40.9 Å². The Kier molecular flexibility index (Phi) is 3.24. The summed E-state index contributed by atoms with van der Waals surface area (Å²) in [5.74, 6) is -0.179. The van der Waals surface area contributed by atoms with Gasteiger partial charge in [-0.1, -0.05) is 48.0 Å². The SMILES string of the molecule is Cc1cccc(C2=C(c3cn(C)c4ccccc34)C(=O)CC2=O)c1. The Morgan fingerprint density at radius 1 is 0.917 bits per heavy atom. The molecule has 1 aliphatic rings. The van der Waals surface area contributed by atoms with Crippen LogP contribution in [-0.4, -0.2) is 16.1 Å². The minimum Gasteiger partial charge on any atom is -0.350 e. The predicted molar refractivity (Wildman–Crippen MR) is 95.5 cm³/mol. The van der Waals surface area contributed by atoms with Crippen molar-refractivity contribution in [1.82, 2.24) is 4.57 Å². The number of aryl methyl sites for hydroxylation is 2. The Balaban J connectivity index is 2.05. The summed E-state index contributed by atoms with van der Waals surface area (Å²) in [5, 5.41) is 1.00. The minimum atomic E-state index is -0.0899. The molecule has 0 amide bonds. The number of carbonyl (C=O) groups excluding carboxylic acids is 2. The largest absolute Gasteiger partial charge is 0.350 e. The van der Waals surface area contributed by atoms with Crippen molar-refractivity contribution >= 4 is 33.6 Å². The molecule has 0 aliphatic heterocycles. The van der Waals surface area contributed by atoms with Crippen LogP contribution in [0.1, 0.15) is 23.1 Å². The quantitative estimate of drug-likeness (QED) is 0.672. The molecular weight excluding hydrogens is 298 g/mol. The maximum atomic E-state index is 12.6. The van der Waals surface area contributed by atoms with Gasteiger partial charge in [-0.3, -0.25) is 9.59 Å². The molecule has 1 heterocycles. The number of nitrogens with zero attached hydrogens (tertiary/aromatic N) is 1. The molecule has 0 radical (unpaired) electrons. The fourth-order valence-electron chi connectivity index (χ4n) is 3.53. The first-order chi connectivity index (χ1) is 11.6. The lowest BCUT2D eigenvalue weighted by molar-refractivity contribution is -0.119. The molecule has 0 saturated carbocycles. The van der Waals surface area contributed by atoms with Gasteiger partial charge >= 0.3 is 0 Å². The van der Waals surface area contributed by atoms with Crippen molar-refractivity contribution in [3.05, 3.63) is 71.4 Å². The van der Waals surface area contributed by atoms with Crippen LogP contribution in [0.5, 0.6) is 0 Å². The average Bonchev–Trinajstić information content (AvgIpc) is 3.04. The first-order valence-corrected chi connectivity index (χ1v) is 7.98. The van der Waals surface area contributed by atoms with Crippen molar-refractivity contribution < 1.29 is 9.59 Å². The zero-order chi connectivity index (χ0) is 16.8. The van der Waals surface area contributed by atoms with E-state index >= 15 is 0 Å². The van der Waals surface area contributed by atoms with Gasteiger partial charge in [-0.25, -0.2) is 0 Å². The highest BCUT2D eigenvalue weighted by molar-refractivity contribution is 6.51. The molecule has 0 unspecified atom stereocenters. The number of fused-ring (bicyclic) bond motifs is 1. The molecule has 1 aromatic heterocycles. The number of hydrogen-bond donors (Lipinski definition) is 0. The maximum Gasteiger partial charge on any atom is 0.172 e. The van der Waals surface area contributed by atoms with Gasteiger partial charge in [0.25, 0.3) is 0 Å². The molecule has 24 heavy (non-hydrogen) atoms. The van der Waals surface area contributed by atoms with Crippen molar-refractivity contribution in [1.29, 1.82) is 0 Å². The summed E-state index contributed by atoms with van der Waals surface area (Å²) in [7, 11) is 1.96. The molecule has 0 bridgehead atoms. The van der Waals surface area contributed by atoms with Crippen LogP contribution in [0.25, 0.3) is 22.0 Å². The van der Waals surface area contributed by atoms with Crippen LogP contribution in [0.3, 0.4) is 0 Å². The molecule has 0 fully saturated rings. The van der Waals surface area contributed by atoms with Crippen molar-refractivity contribution in [2.24, 2.45) is 7.05 Å². The van der Waals surface area contributed by atoms with E-state index in [1.807, 2.05) is 73.3 Å². The first-order valence-electron chi connectivity index (χ1n) is 7.98. The summed E-state index contributed by atoms with van der Waals surface area (Å²) in [6, 6.07) is 15.7. The molecule has 2 aromatic carbocycles. The molecule has 118 valence electrons. The Labute approximate surface area is 140 Å². The van der Waals surface area contributed by atoms with Crippen molar-refractivity contribution in [3.8, 4) is 0 Å². The summed E-state index contributed by atoms with van der Waals surface area (Å²) in [5.41, 5.74) is 4.91. The topological polar surface area (TPSA) is 39.1 Å². The summed E-state index contributed by atoms with van der Waals surface area (Å²) in [6.07, 6.45) is 1.91. The van der Waals surface area contributed by atoms with Gasteiger partial charge in [0.2, 0.25) is 0 Å². The smallest absolute Gasteiger partial charge is 0.172 e. The third kappa shape index (κ3) is 2.13. The third-order valence-electron chi connectivity index (χ3n) is 4.60. The van der Waals surface area contributed by atoms with Gasteiger partial charge < -0.3 is 4.57 Å². The van der Waals surface area contributed by atoms with Gasteiger partial charge in [-0.05, 0) is 18.6 Å². The first kappa shape index (κ1) is 14.6. The molecular formula is C21H17NO2. The number of ketones is 2. The summed E-state index contributed by atoms with van der Waals surface area (Å²) in [4.78, 5) is 25.2. The van der Waals surface area contributed by atoms with E-state index in [0.717, 1.165) is 27.6 Å². The summed E-state index contributed by atoms with van der Waals surface area (Å²) < 4.78 is 2.00. The van der Waals surface area contributed by atoms with Crippen LogP contribution in [0.4, 0.5) is 0 Å². The van der Waals surface area contributed by atoms with E-state index in [1.54, 1.807) is 0 Å². The van der Waals surface area contributed by atoms with E-state index in [4.69, 9.17) is 0 Å². The second-order valence-corrected chi connectivity index (χ2v) is 6.31. The highest BCUT2D eigenvalue weighted by Crippen LogP contribution is 2.38. The summed E-state index contributed by atoms with van der Waals surface area (Å²) in [6.45, 7) is 1.99. The van der Waals surface area contributed by atoms with E-state index in [0.29, 0.717) is 11.1 Å². The van der Waals surface area contributed by atoms with E-state index in [1.165, 1.54) is 0 Å². The molecule has 4 rings (SSSR count). The van der Waals surface area contributed by atoms with E-state index < -0.39 is 0 Å². The van der Waals surface area contributed by atoms with Gasteiger partial charge in [-0.2, -0.15) is 0 Å². The molecule has 0 N–H and O–H groups in total. The summed E-state index contributed by atoms with van der Waals surface area (Å²) >= 11 is 0. The van der Waals surface area contributed by atoms with Crippen LogP contribution < -0.4 is 0 Å². The molecule has 0 spiro atoms. The zero-order valence-corrected chi connectivity index (χ0v) is 13.7. The average molecular weight is 315 g/mol. The molecule has 3 nitrogen and oxygen atoms in total. The predicted octanol–water partition coefficient (Wildman–Crippen LogP) is 3.94. The van der Waals surface area contributed by atoms with Crippen LogP contribution in [0.2, 0.25) is 0 Å². The molecule has 0 saturated heterocycles. The number of para-hydroxylation sites is 1. The van der Waals surface area contributed by atoms with Crippen LogP contribution in [0.15, 0.2) is 54.7 Å². The van der Waals surface area contributed by atoms with Crippen molar-refractivity contribution in [3.63, 3.8) is 0 Å². The van der Waals surface area contributed by atoms with Crippen molar-refractivity contribution in [2.45, 2.75) is 13.3 Å². The monoisotopic (exact) mass is 315 g/mol. The number of Topliss-reactive ketones (excluding diaryl/α,β-unsaturated/α-hetero) is 2. The highest BCUT2D eigenvalue weighted by atomic mass is 16.2. The molecule has 0 atom stereocenters. The number of rotatable bonds is 2. The number of aromatic nitrogens is 1. The fourth-order valence-corrected chi connectivity index (χ4v) is 3.53. The number of allylic oxidation sites excluding steroid dienone is 2. The van der Waals surface area contributed by atoms with E-state index in [-0.39, 0.29) is 18.0 Å². The van der Waals surface area contributed by atoms with Gasteiger partial charge in [0.1, 0.15) is 0 Å². The standard InChI is InChI=1S/C21H17NO2/c1-13-6-5-7-14(10-13)20-18(23)11-19(24)21(20)16-12-22(2)17-9-4-3-8-15(16)17/h3-10,12H,11H2,1-2H3. The lowest BCUT2D eigenvalue weighted by atomic mass is 9.95. The van der Waals surface area contributed by atoms with Gasteiger partial charge in [0.15, 0.2) is 11.6 Å². The molecule has 1 aliphatic carbocycles. The van der Waals surface area contributed by atoms with Crippen LogP contribution >= 0.6 is 0 Å². The van der Waals surface area contributed by atoms with Crippen LogP contribution in [0, 0.1) is 6.92 Å². The van der Waals surface area contributed by atoms with Gasteiger partial charge in [-0.15, -0.1) is 0 Å². The second kappa shape index (κ2) is 5.31. The Bertz CT molecular complexity index is 1040. The maximum absolute atomic E-state index is 12.6. The highest BCUT2D eigenvalue weighted by Gasteiger charge is 2.33. The van der Waals surface area contributed by atoms with E-state index in [9.17, 15) is 9.59 Å². The normalized spacial score (nSPS) is 14.9. The zero-order valence-electron chi connectivity index (χ0n) is 13.7. The number of benzene rings is 2. The van der Waals surface area contributed by atoms with E-state index in [2.05, 4.69) is 0 Å². The van der Waals surface area contributed by atoms with Crippen molar-refractivity contribution in [2.75, 3.05) is 0 Å². The molecule has 3 heteroatoms. The third-order valence-corrected chi connectivity index (χ3v) is 4.60. The number of hydrogen-bond acceptors (Lipinski definition) is 2.